The van der Waals surface area contributed by atoms with E-state index in [-0.39, 0.29) is 0 Å². The van der Waals surface area contributed by atoms with E-state index in [0.717, 1.165) is 10.9 Å². The monoisotopic (exact) mass is 213 g/mol. The van der Waals surface area contributed by atoms with E-state index >= 15 is 0 Å². The minimum atomic E-state index is 0.490. The van der Waals surface area contributed by atoms with Crippen molar-refractivity contribution in [2.75, 3.05) is 12.8 Å². The molecule has 1 N–H and O–H groups in total. The highest BCUT2D eigenvalue weighted by Crippen LogP contribution is 2.36. The van der Waals surface area contributed by atoms with E-state index in [1.54, 1.807) is 11.8 Å². The molecule has 14 heavy (non-hydrogen) atoms. The Balaban J connectivity index is 1.91. The predicted molar refractivity (Wildman–Crippen MR) is 55.3 cm³/mol. The van der Waals surface area contributed by atoms with Gasteiger partial charge >= 0.3 is 0 Å². The molecule has 0 radical (unpaired) electrons. The molecule has 0 spiro atoms. The molecule has 1 saturated carbocycles. The van der Waals surface area contributed by atoms with Crippen molar-refractivity contribution in [1.29, 1.82) is 0 Å². The van der Waals surface area contributed by atoms with E-state index in [9.17, 15) is 0 Å². The van der Waals surface area contributed by atoms with Crippen LogP contribution in [0.4, 0.5) is 0 Å². The molecule has 0 bridgehead atoms. The van der Waals surface area contributed by atoms with Crippen LogP contribution in [0.25, 0.3) is 0 Å². The Hall–Kier alpha value is -0.620. The molecular weight excluding hydrogens is 198 g/mol. The largest absolute Gasteiger partial charge is 0.316 e. The maximum atomic E-state index is 4.02. The summed E-state index contributed by atoms with van der Waals surface area (Å²) >= 11 is 1.72. The maximum Gasteiger partial charge on any atom is 0.209 e. The molecule has 1 unspecified atom stereocenters. The third kappa shape index (κ3) is 2.24. The van der Waals surface area contributed by atoms with Crippen molar-refractivity contribution in [3.63, 3.8) is 0 Å². The zero-order valence-electron chi connectivity index (χ0n) is 8.47. The van der Waals surface area contributed by atoms with Crippen molar-refractivity contribution < 1.29 is 0 Å². The third-order valence-electron chi connectivity index (χ3n) is 2.31. The molecule has 1 fully saturated rings. The van der Waals surface area contributed by atoms with Gasteiger partial charge in [-0.2, -0.15) is 0 Å². The summed E-state index contributed by atoms with van der Waals surface area (Å²) in [6, 6.07) is 1.06. The first-order valence-electron chi connectivity index (χ1n) is 4.89. The van der Waals surface area contributed by atoms with E-state index in [0.29, 0.717) is 12.1 Å². The summed E-state index contributed by atoms with van der Waals surface area (Å²) in [5, 5.41) is 15.9. The summed E-state index contributed by atoms with van der Waals surface area (Å²) in [7, 11) is 1.97. The zero-order valence-corrected chi connectivity index (χ0v) is 9.29. The van der Waals surface area contributed by atoms with Crippen LogP contribution in [0.15, 0.2) is 5.16 Å². The fourth-order valence-electron chi connectivity index (χ4n) is 1.11. The van der Waals surface area contributed by atoms with Crippen LogP contribution >= 0.6 is 11.8 Å². The first kappa shape index (κ1) is 9.92. The second-order valence-corrected chi connectivity index (χ2v) is 4.63. The molecule has 0 aliphatic heterocycles. The fourth-order valence-corrected chi connectivity index (χ4v) is 2.09. The van der Waals surface area contributed by atoms with Crippen LogP contribution in [0, 0.1) is 0 Å². The third-order valence-corrected chi connectivity index (χ3v) is 3.50. The number of nitrogens with zero attached hydrogens (tertiary/aromatic N) is 4. The minimum absolute atomic E-state index is 0.490. The van der Waals surface area contributed by atoms with Crippen LogP contribution in [-0.2, 0) is 0 Å². The molecular formula is C8H15N5S. The molecule has 1 aliphatic rings. The SMILES string of the molecule is CNC(C)CSc1nnnn1C1CC1. The lowest BCUT2D eigenvalue weighted by Gasteiger charge is -2.08. The minimum Gasteiger partial charge on any atom is -0.316 e. The van der Waals surface area contributed by atoms with Gasteiger partial charge in [-0.3, -0.25) is 0 Å². The fraction of sp³-hybridized carbons (Fsp3) is 0.875. The van der Waals surface area contributed by atoms with Gasteiger partial charge in [0.05, 0.1) is 6.04 Å². The van der Waals surface area contributed by atoms with Gasteiger partial charge in [0, 0.05) is 11.8 Å². The summed E-state index contributed by atoms with van der Waals surface area (Å²) in [5.41, 5.74) is 0. The number of tetrazole rings is 1. The molecule has 5 nitrogen and oxygen atoms in total. The summed E-state index contributed by atoms with van der Waals surface area (Å²) in [5.74, 6) is 1.00. The van der Waals surface area contributed by atoms with E-state index in [1.165, 1.54) is 12.8 Å². The van der Waals surface area contributed by atoms with Gasteiger partial charge in [-0.25, -0.2) is 4.68 Å². The van der Waals surface area contributed by atoms with Crippen molar-refractivity contribution >= 4 is 11.8 Å². The second kappa shape index (κ2) is 4.27. The lowest BCUT2D eigenvalue weighted by molar-refractivity contribution is 0.564. The van der Waals surface area contributed by atoms with Crippen molar-refractivity contribution in [2.24, 2.45) is 0 Å². The highest BCUT2D eigenvalue weighted by Gasteiger charge is 2.27. The first-order chi connectivity index (χ1) is 6.81. The average molecular weight is 213 g/mol. The Morgan fingerprint density at radius 1 is 1.64 bits per heavy atom. The number of hydrogen-bond donors (Lipinski definition) is 1. The van der Waals surface area contributed by atoms with E-state index in [2.05, 4.69) is 27.8 Å². The van der Waals surface area contributed by atoms with E-state index < -0.39 is 0 Å². The van der Waals surface area contributed by atoms with Crippen molar-refractivity contribution in [3.05, 3.63) is 0 Å². The summed E-state index contributed by atoms with van der Waals surface area (Å²) < 4.78 is 1.95. The topological polar surface area (TPSA) is 55.6 Å². The summed E-state index contributed by atoms with van der Waals surface area (Å²) in [4.78, 5) is 0. The lowest BCUT2D eigenvalue weighted by Crippen LogP contribution is -2.23. The zero-order chi connectivity index (χ0) is 9.97. The molecule has 1 aliphatic carbocycles. The quantitative estimate of drug-likeness (QED) is 0.730. The molecule has 1 atom stereocenters. The molecule has 1 aromatic heterocycles. The van der Waals surface area contributed by atoms with E-state index in [4.69, 9.17) is 0 Å². The van der Waals surface area contributed by atoms with Crippen LogP contribution in [-0.4, -0.2) is 39.0 Å². The number of aromatic nitrogens is 4. The molecule has 6 heteroatoms. The van der Waals surface area contributed by atoms with Gasteiger partial charge in [-0.05, 0) is 37.2 Å². The molecule has 78 valence electrons. The van der Waals surface area contributed by atoms with Crippen LogP contribution in [0.3, 0.4) is 0 Å². The van der Waals surface area contributed by atoms with Crippen LogP contribution < -0.4 is 5.32 Å². The average Bonchev–Trinajstić information content (AvgIpc) is 2.94. The van der Waals surface area contributed by atoms with Gasteiger partial charge in [0.1, 0.15) is 0 Å². The Bertz CT molecular complexity index is 296. The van der Waals surface area contributed by atoms with Gasteiger partial charge in [0.25, 0.3) is 0 Å². The molecule has 0 saturated heterocycles. The number of rotatable bonds is 5. The summed E-state index contributed by atoms with van der Waals surface area (Å²) in [6.45, 7) is 2.15. The van der Waals surface area contributed by atoms with Crippen LogP contribution in [0.1, 0.15) is 25.8 Å². The molecule has 0 aromatic carbocycles. The van der Waals surface area contributed by atoms with E-state index in [1.807, 2.05) is 11.7 Å². The molecule has 2 rings (SSSR count). The van der Waals surface area contributed by atoms with Gasteiger partial charge in [0.15, 0.2) is 0 Å². The van der Waals surface area contributed by atoms with Crippen molar-refractivity contribution in [2.45, 2.75) is 37.0 Å². The molecule has 0 amide bonds. The number of thioether (sulfide) groups is 1. The standard InChI is InChI=1S/C8H15N5S/c1-6(9-2)5-14-8-10-11-12-13(8)7-3-4-7/h6-7,9H,3-5H2,1-2H3. The van der Waals surface area contributed by atoms with Gasteiger partial charge in [-0.1, -0.05) is 11.8 Å². The van der Waals surface area contributed by atoms with Gasteiger partial charge < -0.3 is 5.32 Å². The normalized spacial score (nSPS) is 18.4. The van der Waals surface area contributed by atoms with Gasteiger partial charge in [-0.15, -0.1) is 5.10 Å². The number of nitrogens with one attached hydrogen (secondary N) is 1. The highest BCUT2D eigenvalue weighted by molar-refractivity contribution is 7.99. The Kier molecular flexibility index (Phi) is 3.02. The Labute approximate surface area is 87.6 Å². The first-order valence-corrected chi connectivity index (χ1v) is 5.87. The van der Waals surface area contributed by atoms with Crippen molar-refractivity contribution in [1.82, 2.24) is 25.5 Å². The number of hydrogen-bond acceptors (Lipinski definition) is 5. The smallest absolute Gasteiger partial charge is 0.209 e. The molecule has 1 aromatic rings. The van der Waals surface area contributed by atoms with Gasteiger partial charge in [0.2, 0.25) is 5.16 Å². The van der Waals surface area contributed by atoms with Crippen LogP contribution in [0.5, 0.6) is 0 Å². The predicted octanol–water partition coefficient (Wildman–Crippen LogP) is 0.708. The molecule has 1 heterocycles. The van der Waals surface area contributed by atoms with Crippen LogP contribution in [0.2, 0.25) is 0 Å². The Morgan fingerprint density at radius 3 is 3.07 bits per heavy atom. The summed E-state index contributed by atoms with van der Waals surface area (Å²) in [6.07, 6.45) is 2.44. The Morgan fingerprint density at radius 2 is 2.43 bits per heavy atom. The lowest BCUT2D eigenvalue weighted by atomic mass is 10.4. The van der Waals surface area contributed by atoms with Crippen molar-refractivity contribution in [3.8, 4) is 0 Å². The highest BCUT2D eigenvalue weighted by atomic mass is 32.2. The maximum absolute atomic E-state index is 4.02. The second-order valence-electron chi connectivity index (χ2n) is 3.64.